The van der Waals surface area contributed by atoms with E-state index in [9.17, 15) is 23.5 Å². The molecule has 2 aromatic carbocycles. The van der Waals surface area contributed by atoms with Gasteiger partial charge < -0.3 is 0 Å². The second-order valence-corrected chi connectivity index (χ2v) is 11.0. The van der Waals surface area contributed by atoms with E-state index in [0.29, 0.717) is 41.1 Å². The number of carboxylic acids is 1. The SMILES string of the molecule is CC([As]c1cc(F)cc(F)c1)c1cc(C(=O)O)cc2c(=O)cc(N3CCOCC3C)oc12. The van der Waals surface area contributed by atoms with Gasteiger partial charge in [0, 0.05) is 0 Å². The van der Waals surface area contributed by atoms with E-state index in [4.69, 9.17) is 9.15 Å². The van der Waals surface area contributed by atoms with Crippen LogP contribution in [0.4, 0.5) is 14.7 Å². The van der Waals surface area contributed by atoms with E-state index >= 15 is 0 Å². The summed E-state index contributed by atoms with van der Waals surface area (Å²) < 4.78 is 39.2. The van der Waals surface area contributed by atoms with Crippen molar-refractivity contribution in [3.8, 4) is 0 Å². The summed E-state index contributed by atoms with van der Waals surface area (Å²) in [6.07, 6.45) is 0. The summed E-state index contributed by atoms with van der Waals surface area (Å²) >= 11 is -0.791. The summed E-state index contributed by atoms with van der Waals surface area (Å²) in [5, 5.41) is 9.72. The zero-order chi connectivity index (χ0) is 23.0. The molecule has 3 aromatic rings. The molecule has 32 heavy (non-hydrogen) atoms. The van der Waals surface area contributed by atoms with E-state index in [0.717, 1.165) is 6.07 Å². The number of morpholine rings is 1. The van der Waals surface area contributed by atoms with Crippen molar-refractivity contribution in [1.82, 2.24) is 0 Å². The molecular weight excluding hydrogens is 483 g/mol. The average molecular weight is 504 g/mol. The second kappa shape index (κ2) is 9.04. The van der Waals surface area contributed by atoms with Crippen LogP contribution in [-0.2, 0) is 4.74 Å². The van der Waals surface area contributed by atoms with Crippen molar-refractivity contribution in [3.63, 3.8) is 0 Å². The third-order valence-corrected chi connectivity index (χ3v) is 7.95. The van der Waals surface area contributed by atoms with Gasteiger partial charge >= 0.3 is 189 Å². The van der Waals surface area contributed by atoms with E-state index in [1.165, 1.54) is 30.3 Å². The number of fused-ring (bicyclic) bond motifs is 1. The third-order valence-electron chi connectivity index (χ3n) is 5.38. The molecule has 1 aromatic heterocycles. The minimum absolute atomic E-state index is 0.00473. The molecule has 2 unspecified atom stereocenters. The number of nitrogens with zero attached hydrogens (tertiary/aromatic N) is 1. The number of carbonyl (C=O) groups is 1. The van der Waals surface area contributed by atoms with Crippen LogP contribution in [0.5, 0.6) is 0 Å². The molecule has 0 bridgehead atoms. The van der Waals surface area contributed by atoms with Crippen LogP contribution in [-0.4, -0.2) is 52.6 Å². The van der Waals surface area contributed by atoms with Crippen LogP contribution in [0.1, 0.15) is 34.5 Å². The number of halogens is 2. The molecule has 1 aliphatic heterocycles. The summed E-state index contributed by atoms with van der Waals surface area (Å²) in [6, 6.07) is 7.54. The average Bonchev–Trinajstić information content (AvgIpc) is 2.72. The summed E-state index contributed by atoms with van der Waals surface area (Å²) in [7, 11) is 0. The van der Waals surface area contributed by atoms with Crippen LogP contribution in [0.15, 0.2) is 45.6 Å². The topological polar surface area (TPSA) is 80.0 Å². The first kappa shape index (κ1) is 22.5. The zero-order valence-electron chi connectivity index (χ0n) is 17.5. The molecule has 1 aliphatic rings. The van der Waals surface area contributed by atoms with Crippen molar-refractivity contribution in [2.75, 3.05) is 24.7 Å². The van der Waals surface area contributed by atoms with Gasteiger partial charge in [0.1, 0.15) is 0 Å². The van der Waals surface area contributed by atoms with E-state index < -0.39 is 33.4 Å². The molecule has 9 heteroatoms. The second-order valence-electron chi connectivity index (χ2n) is 7.75. The van der Waals surface area contributed by atoms with Crippen molar-refractivity contribution >= 4 is 42.9 Å². The first-order valence-corrected chi connectivity index (χ1v) is 12.1. The first-order valence-electron chi connectivity index (χ1n) is 10.1. The Kier molecular flexibility index (Phi) is 6.35. The van der Waals surface area contributed by atoms with Crippen LogP contribution in [0.2, 0.25) is 0 Å². The number of carboxylic acid groups (broad SMARTS) is 1. The number of anilines is 1. The predicted molar refractivity (Wildman–Crippen MR) is 117 cm³/mol. The molecule has 2 atom stereocenters. The molecule has 167 valence electrons. The van der Waals surface area contributed by atoms with E-state index in [-0.39, 0.29) is 27.1 Å². The number of aromatic carboxylic acids is 1. The summed E-state index contributed by atoms with van der Waals surface area (Å²) in [5.74, 6) is -2.11. The summed E-state index contributed by atoms with van der Waals surface area (Å²) in [6.45, 7) is 5.36. The van der Waals surface area contributed by atoms with Gasteiger partial charge in [-0.3, -0.25) is 0 Å². The Balaban J connectivity index is 1.84. The summed E-state index contributed by atoms with van der Waals surface area (Å²) in [5.41, 5.74) is 0.454. The third kappa shape index (κ3) is 4.57. The molecule has 0 amide bonds. The Labute approximate surface area is 189 Å². The van der Waals surface area contributed by atoms with Crippen LogP contribution >= 0.6 is 0 Å². The Morgan fingerprint density at radius 3 is 2.56 bits per heavy atom. The van der Waals surface area contributed by atoms with Crippen LogP contribution in [0, 0.1) is 11.6 Å². The summed E-state index contributed by atoms with van der Waals surface area (Å²) in [4.78, 5) is 26.6. The molecular formula is C23H21AsF2NO5. The molecule has 6 nitrogen and oxygen atoms in total. The van der Waals surface area contributed by atoms with Crippen LogP contribution in [0.25, 0.3) is 11.0 Å². The molecule has 1 saturated heterocycles. The standard InChI is InChI=1S/C23H21AsF2NO5/c1-12-11-31-4-3-27(12)21-10-20(28)19-6-14(23(29)30)5-18(22(19)32-21)13(2)24-15-7-16(25)9-17(26)8-15/h5-10,12-13H,3-4,11H2,1-2H3,(H,29,30). The van der Waals surface area contributed by atoms with Crippen molar-refractivity contribution in [1.29, 1.82) is 0 Å². The van der Waals surface area contributed by atoms with Gasteiger partial charge in [-0.15, -0.1) is 0 Å². The van der Waals surface area contributed by atoms with Gasteiger partial charge in [0.05, 0.1) is 0 Å². The van der Waals surface area contributed by atoms with Crippen LogP contribution in [0.3, 0.4) is 0 Å². The van der Waals surface area contributed by atoms with Crippen molar-refractivity contribution in [2.45, 2.75) is 24.6 Å². The van der Waals surface area contributed by atoms with Gasteiger partial charge in [-0.05, 0) is 0 Å². The van der Waals surface area contributed by atoms with Gasteiger partial charge in [0.15, 0.2) is 0 Å². The van der Waals surface area contributed by atoms with Crippen molar-refractivity contribution in [2.24, 2.45) is 0 Å². The number of rotatable bonds is 5. The molecule has 1 radical (unpaired) electrons. The van der Waals surface area contributed by atoms with Crippen molar-refractivity contribution in [3.05, 3.63) is 69.4 Å². The molecule has 1 fully saturated rings. The number of hydrogen-bond donors (Lipinski definition) is 1. The fourth-order valence-electron chi connectivity index (χ4n) is 3.81. The Hall–Kier alpha value is -2.70. The Morgan fingerprint density at radius 2 is 1.91 bits per heavy atom. The molecule has 0 saturated carbocycles. The Bertz CT molecular complexity index is 1220. The zero-order valence-corrected chi connectivity index (χ0v) is 19.3. The number of benzene rings is 2. The van der Waals surface area contributed by atoms with Gasteiger partial charge in [0.2, 0.25) is 0 Å². The van der Waals surface area contributed by atoms with Crippen LogP contribution < -0.4 is 14.7 Å². The number of ether oxygens (including phenoxy) is 1. The molecule has 0 aliphatic carbocycles. The number of hydrogen-bond acceptors (Lipinski definition) is 5. The quantitative estimate of drug-likeness (QED) is 0.539. The fourth-order valence-corrected chi connectivity index (χ4v) is 6.27. The molecule has 4 rings (SSSR count). The van der Waals surface area contributed by atoms with Gasteiger partial charge in [0.25, 0.3) is 0 Å². The monoisotopic (exact) mass is 504 g/mol. The minimum atomic E-state index is -1.17. The van der Waals surface area contributed by atoms with Crippen molar-refractivity contribution < 1.29 is 27.8 Å². The predicted octanol–water partition coefficient (Wildman–Crippen LogP) is 3.09. The van der Waals surface area contributed by atoms with E-state index in [1.54, 1.807) is 0 Å². The first-order chi connectivity index (χ1) is 15.2. The van der Waals surface area contributed by atoms with E-state index in [2.05, 4.69) is 0 Å². The van der Waals surface area contributed by atoms with E-state index in [1.807, 2.05) is 18.7 Å². The maximum absolute atomic E-state index is 13.7. The van der Waals surface area contributed by atoms with Gasteiger partial charge in [-0.2, -0.15) is 0 Å². The molecule has 1 N–H and O–H groups in total. The Morgan fingerprint density at radius 1 is 1.19 bits per heavy atom. The maximum atomic E-state index is 13.7. The van der Waals surface area contributed by atoms with Gasteiger partial charge in [-0.25, -0.2) is 0 Å². The normalized spacial score (nSPS) is 17.9. The molecule has 2 heterocycles. The fraction of sp³-hybridized carbons (Fsp3) is 0.304. The molecule has 0 spiro atoms. The van der Waals surface area contributed by atoms with Gasteiger partial charge in [-0.1, -0.05) is 0 Å².